The Kier molecular flexibility index (Phi) is 4.03. The molecule has 104 valence electrons. The highest BCUT2D eigenvalue weighted by molar-refractivity contribution is 7.99. The van der Waals surface area contributed by atoms with Crippen molar-refractivity contribution in [1.82, 2.24) is 15.1 Å². The smallest absolute Gasteiger partial charge is 0.242 e. The summed E-state index contributed by atoms with van der Waals surface area (Å²) < 4.78 is 1.86. The van der Waals surface area contributed by atoms with Crippen LogP contribution < -0.4 is 10.6 Å². The standard InChI is InChI=1S/C14H16N4OS/c19-14(13-9-20-10-15-13)17-12-4-1-3-11(7-12)8-18-6-2-5-16-18/h1-7,13,15H,8-10H2,(H,17,19). The molecule has 2 heterocycles. The van der Waals surface area contributed by atoms with E-state index in [4.69, 9.17) is 0 Å². The maximum atomic E-state index is 12.0. The summed E-state index contributed by atoms with van der Waals surface area (Å²) in [6, 6.07) is 9.69. The second-order valence-corrected chi connectivity index (χ2v) is 5.70. The minimum absolute atomic E-state index is 0.0336. The maximum Gasteiger partial charge on any atom is 0.242 e. The van der Waals surface area contributed by atoms with Gasteiger partial charge in [0.2, 0.25) is 5.91 Å². The lowest BCUT2D eigenvalue weighted by atomic mass is 10.2. The van der Waals surface area contributed by atoms with Crippen molar-refractivity contribution in [3.63, 3.8) is 0 Å². The molecule has 1 aliphatic heterocycles. The van der Waals surface area contributed by atoms with Crippen LogP contribution in [0.4, 0.5) is 5.69 Å². The van der Waals surface area contributed by atoms with Crippen molar-refractivity contribution in [2.24, 2.45) is 0 Å². The molecule has 2 N–H and O–H groups in total. The van der Waals surface area contributed by atoms with Crippen molar-refractivity contribution < 1.29 is 4.79 Å². The van der Waals surface area contributed by atoms with Crippen LogP contribution in [0.1, 0.15) is 5.56 Å². The first-order valence-corrected chi connectivity index (χ1v) is 7.65. The van der Waals surface area contributed by atoms with Gasteiger partial charge in [0.25, 0.3) is 0 Å². The molecule has 1 atom stereocenters. The van der Waals surface area contributed by atoms with E-state index in [0.29, 0.717) is 6.54 Å². The largest absolute Gasteiger partial charge is 0.325 e. The fourth-order valence-electron chi connectivity index (χ4n) is 2.12. The van der Waals surface area contributed by atoms with Gasteiger partial charge in [0.05, 0.1) is 12.6 Å². The molecule has 0 saturated carbocycles. The molecule has 6 heteroatoms. The molecule has 20 heavy (non-hydrogen) atoms. The number of hydrogen-bond acceptors (Lipinski definition) is 4. The predicted octanol–water partition coefficient (Wildman–Crippen LogP) is 1.53. The Morgan fingerprint density at radius 2 is 2.45 bits per heavy atom. The Balaban J connectivity index is 1.66. The molecule has 0 radical (unpaired) electrons. The predicted molar refractivity (Wildman–Crippen MR) is 80.6 cm³/mol. The summed E-state index contributed by atoms with van der Waals surface area (Å²) in [6.45, 7) is 0.703. The van der Waals surface area contributed by atoms with Crippen molar-refractivity contribution in [2.45, 2.75) is 12.6 Å². The summed E-state index contributed by atoms with van der Waals surface area (Å²) in [5, 5.41) is 10.3. The quantitative estimate of drug-likeness (QED) is 0.896. The van der Waals surface area contributed by atoms with Gasteiger partial charge in [-0.15, -0.1) is 11.8 Å². The van der Waals surface area contributed by atoms with Crippen LogP contribution in [0.5, 0.6) is 0 Å². The van der Waals surface area contributed by atoms with Crippen molar-refractivity contribution in [2.75, 3.05) is 16.9 Å². The maximum absolute atomic E-state index is 12.0. The van der Waals surface area contributed by atoms with Gasteiger partial charge in [0.1, 0.15) is 0 Å². The Morgan fingerprint density at radius 3 is 3.20 bits per heavy atom. The van der Waals surface area contributed by atoms with Gasteiger partial charge in [0, 0.05) is 29.7 Å². The number of aromatic nitrogens is 2. The first kappa shape index (κ1) is 13.2. The van der Waals surface area contributed by atoms with Crippen molar-refractivity contribution in [1.29, 1.82) is 0 Å². The highest BCUT2D eigenvalue weighted by atomic mass is 32.2. The molecule has 1 aromatic carbocycles. The lowest BCUT2D eigenvalue weighted by Crippen LogP contribution is -2.37. The normalized spacial score (nSPS) is 18.1. The summed E-state index contributed by atoms with van der Waals surface area (Å²) in [7, 11) is 0. The first-order valence-electron chi connectivity index (χ1n) is 6.49. The lowest BCUT2D eigenvalue weighted by molar-refractivity contribution is -0.117. The number of carbonyl (C=O) groups is 1. The zero-order chi connectivity index (χ0) is 13.8. The molecule has 1 saturated heterocycles. The van der Waals surface area contributed by atoms with Crippen LogP contribution in [0.3, 0.4) is 0 Å². The highest BCUT2D eigenvalue weighted by Gasteiger charge is 2.22. The molecule has 5 nitrogen and oxygen atoms in total. The van der Waals surface area contributed by atoms with E-state index < -0.39 is 0 Å². The van der Waals surface area contributed by atoms with Crippen molar-refractivity contribution in [3.8, 4) is 0 Å². The van der Waals surface area contributed by atoms with Gasteiger partial charge in [-0.25, -0.2) is 0 Å². The second-order valence-electron chi connectivity index (χ2n) is 4.67. The molecule has 1 unspecified atom stereocenters. The Hall–Kier alpha value is -1.79. The number of thioether (sulfide) groups is 1. The van der Waals surface area contributed by atoms with E-state index in [1.165, 1.54) is 0 Å². The molecule has 0 aliphatic carbocycles. The number of rotatable bonds is 4. The van der Waals surface area contributed by atoms with Crippen LogP contribution in [0, 0.1) is 0 Å². The van der Waals surface area contributed by atoms with Gasteiger partial charge in [-0.3, -0.25) is 14.8 Å². The molecule has 1 fully saturated rings. The number of anilines is 1. The molecule has 1 aliphatic rings. The molecule has 1 aromatic heterocycles. The first-order chi connectivity index (χ1) is 9.81. The van der Waals surface area contributed by atoms with Gasteiger partial charge in [-0.1, -0.05) is 12.1 Å². The zero-order valence-electron chi connectivity index (χ0n) is 11.0. The minimum Gasteiger partial charge on any atom is -0.325 e. The highest BCUT2D eigenvalue weighted by Crippen LogP contribution is 2.15. The van der Waals surface area contributed by atoms with Gasteiger partial charge in [-0.2, -0.15) is 5.10 Å². The van der Waals surface area contributed by atoms with E-state index in [9.17, 15) is 4.79 Å². The second kappa shape index (κ2) is 6.11. The average Bonchev–Trinajstić information content (AvgIpc) is 3.12. The summed E-state index contributed by atoms with van der Waals surface area (Å²) >= 11 is 1.74. The SMILES string of the molecule is O=C(Nc1cccc(Cn2cccn2)c1)C1CSCN1. The Bertz CT molecular complexity index is 579. The van der Waals surface area contributed by atoms with Crippen LogP contribution in [0.2, 0.25) is 0 Å². The number of hydrogen-bond donors (Lipinski definition) is 2. The number of nitrogens with zero attached hydrogens (tertiary/aromatic N) is 2. The number of amides is 1. The van der Waals surface area contributed by atoms with E-state index >= 15 is 0 Å². The minimum atomic E-state index is -0.0882. The summed E-state index contributed by atoms with van der Waals surface area (Å²) in [5.41, 5.74) is 1.94. The Labute approximate surface area is 121 Å². The molecule has 2 aromatic rings. The average molecular weight is 288 g/mol. The molecule has 1 amide bonds. The van der Waals surface area contributed by atoms with Crippen molar-refractivity contribution >= 4 is 23.4 Å². The van der Waals surface area contributed by atoms with Crippen LogP contribution >= 0.6 is 11.8 Å². The van der Waals surface area contributed by atoms with Gasteiger partial charge in [0.15, 0.2) is 0 Å². The van der Waals surface area contributed by atoms with Crippen LogP contribution in [0.25, 0.3) is 0 Å². The third-order valence-corrected chi connectivity index (χ3v) is 4.07. The van der Waals surface area contributed by atoms with E-state index in [-0.39, 0.29) is 11.9 Å². The number of nitrogens with one attached hydrogen (secondary N) is 2. The third kappa shape index (κ3) is 3.20. The van der Waals surface area contributed by atoms with Gasteiger partial charge < -0.3 is 5.32 Å². The fourth-order valence-corrected chi connectivity index (χ4v) is 3.06. The fraction of sp³-hybridized carbons (Fsp3) is 0.286. The van der Waals surface area contributed by atoms with E-state index in [2.05, 4.69) is 15.7 Å². The number of benzene rings is 1. The monoisotopic (exact) mass is 288 g/mol. The van der Waals surface area contributed by atoms with E-state index in [0.717, 1.165) is 22.9 Å². The summed E-state index contributed by atoms with van der Waals surface area (Å²) in [5.74, 6) is 1.71. The molecular weight excluding hydrogens is 272 g/mol. The molecule has 3 rings (SSSR count). The summed E-state index contributed by atoms with van der Waals surface area (Å²) in [4.78, 5) is 12.0. The topological polar surface area (TPSA) is 59.0 Å². The van der Waals surface area contributed by atoms with Crippen LogP contribution in [-0.4, -0.2) is 33.4 Å². The Morgan fingerprint density at radius 1 is 1.50 bits per heavy atom. The van der Waals surface area contributed by atoms with E-state index in [1.54, 1.807) is 18.0 Å². The van der Waals surface area contributed by atoms with Crippen molar-refractivity contribution in [3.05, 3.63) is 48.3 Å². The molecule has 0 spiro atoms. The zero-order valence-corrected chi connectivity index (χ0v) is 11.8. The molecule has 0 bridgehead atoms. The third-order valence-electron chi connectivity index (χ3n) is 3.13. The lowest BCUT2D eigenvalue weighted by Gasteiger charge is -2.11. The summed E-state index contributed by atoms with van der Waals surface area (Å²) in [6.07, 6.45) is 3.68. The molecular formula is C14H16N4OS. The van der Waals surface area contributed by atoms with Gasteiger partial charge >= 0.3 is 0 Å². The van der Waals surface area contributed by atoms with Gasteiger partial charge in [-0.05, 0) is 23.8 Å². The van der Waals surface area contributed by atoms with E-state index in [1.807, 2.05) is 41.2 Å². The van der Waals surface area contributed by atoms with Crippen LogP contribution in [-0.2, 0) is 11.3 Å². The number of carbonyl (C=O) groups excluding carboxylic acids is 1. The van der Waals surface area contributed by atoms with Crippen LogP contribution in [0.15, 0.2) is 42.7 Å².